The average molecular weight is 265 g/mol. The van der Waals surface area contributed by atoms with Crippen LogP contribution in [0.3, 0.4) is 0 Å². The largest absolute Gasteiger partial charge is 0.0928 e. The van der Waals surface area contributed by atoms with Crippen molar-refractivity contribution in [3.63, 3.8) is 0 Å². The molecule has 0 spiro atoms. The SMILES string of the molecule is CCCBr.CI. The molecule has 0 heterocycles. The third kappa shape index (κ3) is 18.9. The summed E-state index contributed by atoms with van der Waals surface area (Å²) >= 11 is 5.40. The number of hydrogen-bond donors (Lipinski definition) is 0. The van der Waals surface area contributed by atoms with Crippen LogP contribution in [0.15, 0.2) is 0 Å². The predicted octanol–water partition coefficient (Wildman–Crippen LogP) is 2.84. The normalized spacial score (nSPS) is 6.00. The van der Waals surface area contributed by atoms with Gasteiger partial charge in [-0.2, -0.15) is 0 Å². The van der Waals surface area contributed by atoms with Crippen molar-refractivity contribution in [3.05, 3.63) is 0 Å². The van der Waals surface area contributed by atoms with Crippen molar-refractivity contribution in [2.75, 3.05) is 10.3 Å². The van der Waals surface area contributed by atoms with Crippen LogP contribution in [0.25, 0.3) is 0 Å². The van der Waals surface area contributed by atoms with Gasteiger partial charge < -0.3 is 0 Å². The summed E-state index contributed by atoms with van der Waals surface area (Å²) in [6.07, 6.45) is 1.24. The lowest BCUT2D eigenvalue weighted by atomic mass is 10.6. The van der Waals surface area contributed by atoms with Gasteiger partial charge in [-0.25, -0.2) is 0 Å². The molecule has 0 aliphatic heterocycles. The summed E-state index contributed by atoms with van der Waals surface area (Å²) in [6.45, 7) is 2.13. The maximum Gasteiger partial charge on any atom is 0.00286 e. The maximum atomic E-state index is 3.25. The zero-order chi connectivity index (χ0) is 5.41. The molecule has 0 aromatic heterocycles. The van der Waals surface area contributed by atoms with Crippen LogP contribution in [0, 0.1) is 0 Å². The van der Waals surface area contributed by atoms with Crippen molar-refractivity contribution in [2.24, 2.45) is 0 Å². The Morgan fingerprint density at radius 1 is 1.50 bits per heavy atom. The Morgan fingerprint density at radius 3 is 1.67 bits per heavy atom. The van der Waals surface area contributed by atoms with Gasteiger partial charge in [-0.15, -0.1) is 0 Å². The second-order valence-corrected chi connectivity index (χ2v) is 1.48. The highest BCUT2D eigenvalue weighted by molar-refractivity contribution is 14.1. The van der Waals surface area contributed by atoms with Crippen LogP contribution in [0.4, 0.5) is 0 Å². The van der Waals surface area contributed by atoms with Crippen molar-refractivity contribution >= 4 is 38.5 Å². The lowest BCUT2D eigenvalue weighted by molar-refractivity contribution is 1.12. The molecule has 0 aromatic rings. The molecule has 0 aromatic carbocycles. The molecule has 0 N–H and O–H groups in total. The summed E-state index contributed by atoms with van der Waals surface area (Å²) in [5.41, 5.74) is 0. The molecule has 0 nitrogen and oxygen atoms in total. The van der Waals surface area contributed by atoms with Crippen molar-refractivity contribution in [1.82, 2.24) is 0 Å². The summed E-state index contributed by atoms with van der Waals surface area (Å²) < 4.78 is 0. The smallest absolute Gasteiger partial charge is 0.00286 e. The van der Waals surface area contributed by atoms with Crippen molar-refractivity contribution in [1.29, 1.82) is 0 Å². The predicted molar refractivity (Wildman–Crippen MR) is 44.0 cm³/mol. The molecular formula is C4H10BrI. The van der Waals surface area contributed by atoms with Gasteiger partial charge in [-0.05, 0) is 11.4 Å². The van der Waals surface area contributed by atoms with E-state index in [-0.39, 0.29) is 0 Å². The van der Waals surface area contributed by atoms with E-state index in [0.717, 1.165) is 5.33 Å². The van der Waals surface area contributed by atoms with Crippen LogP contribution in [-0.4, -0.2) is 10.3 Å². The first-order valence-electron chi connectivity index (χ1n) is 1.85. The van der Waals surface area contributed by atoms with Gasteiger partial charge in [0, 0.05) is 5.33 Å². The van der Waals surface area contributed by atoms with E-state index in [2.05, 4.69) is 45.4 Å². The molecule has 2 heteroatoms. The van der Waals surface area contributed by atoms with E-state index >= 15 is 0 Å². The van der Waals surface area contributed by atoms with E-state index in [1.54, 1.807) is 0 Å². The molecule has 0 rings (SSSR count). The first-order chi connectivity index (χ1) is 2.91. The molecule has 40 valence electrons. The molecule has 0 fully saturated rings. The number of halogens is 2. The minimum Gasteiger partial charge on any atom is -0.0928 e. The van der Waals surface area contributed by atoms with Gasteiger partial charge in [0.1, 0.15) is 0 Å². The second-order valence-electron chi connectivity index (χ2n) is 0.689. The number of hydrogen-bond acceptors (Lipinski definition) is 0. The molecule has 0 amide bonds. The molecular weight excluding hydrogens is 255 g/mol. The van der Waals surface area contributed by atoms with E-state index in [4.69, 9.17) is 0 Å². The van der Waals surface area contributed by atoms with Crippen molar-refractivity contribution in [2.45, 2.75) is 13.3 Å². The third-order valence-electron chi connectivity index (χ3n) is 0.189. The summed E-state index contributed by atoms with van der Waals surface area (Å²) in [7, 11) is 0. The van der Waals surface area contributed by atoms with Gasteiger partial charge in [0.05, 0.1) is 0 Å². The standard InChI is InChI=1S/C3H7Br.CH3I/c1-2-3-4;1-2/h2-3H2,1H3;1H3. The third-order valence-corrected chi connectivity index (χ3v) is 0.982. The van der Waals surface area contributed by atoms with Crippen LogP contribution in [0.5, 0.6) is 0 Å². The van der Waals surface area contributed by atoms with Crippen LogP contribution in [0.1, 0.15) is 13.3 Å². The Balaban J connectivity index is 0. The highest BCUT2D eigenvalue weighted by Gasteiger charge is 1.58. The summed E-state index contributed by atoms with van der Waals surface area (Å²) in [5, 5.41) is 1.13. The van der Waals surface area contributed by atoms with E-state index in [1.165, 1.54) is 6.42 Å². The minimum absolute atomic E-state index is 1.13. The van der Waals surface area contributed by atoms with E-state index in [0.29, 0.717) is 0 Å². The fourth-order valence-corrected chi connectivity index (χ4v) is 0. The first kappa shape index (κ1) is 10.2. The van der Waals surface area contributed by atoms with E-state index < -0.39 is 0 Å². The van der Waals surface area contributed by atoms with Gasteiger partial charge in [-0.1, -0.05) is 45.4 Å². The van der Waals surface area contributed by atoms with Gasteiger partial charge >= 0.3 is 0 Å². The Morgan fingerprint density at radius 2 is 1.67 bits per heavy atom. The van der Waals surface area contributed by atoms with Crippen LogP contribution in [0.2, 0.25) is 0 Å². The topological polar surface area (TPSA) is 0 Å². The second kappa shape index (κ2) is 16.4. The molecule has 0 aliphatic carbocycles. The van der Waals surface area contributed by atoms with Crippen molar-refractivity contribution < 1.29 is 0 Å². The quantitative estimate of drug-likeness (QED) is 0.505. The highest BCUT2D eigenvalue weighted by atomic mass is 127. The van der Waals surface area contributed by atoms with Gasteiger partial charge in [-0.3, -0.25) is 0 Å². The molecule has 0 bridgehead atoms. The number of rotatable bonds is 1. The van der Waals surface area contributed by atoms with Gasteiger partial charge in [0.2, 0.25) is 0 Å². The molecule has 0 saturated heterocycles. The molecule has 0 unspecified atom stereocenters. The van der Waals surface area contributed by atoms with E-state index in [1.807, 2.05) is 4.93 Å². The fraction of sp³-hybridized carbons (Fsp3) is 1.00. The zero-order valence-corrected chi connectivity index (χ0v) is 7.91. The Bertz CT molecular complexity index is 9.51. The molecule has 0 aliphatic rings. The summed E-state index contributed by atoms with van der Waals surface area (Å²) in [6, 6.07) is 0. The van der Waals surface area contributed by atoms with Gasteiger partial charge in [0.15, 0.2) is 0 Å². The Labute approximate surface area is 62.0 Å². The molecule has 0 atom stereocenters. The number of alkyl halides is 2. The fourth-order valence-electron chi connectivity index (χ4n) is 0. The van der Waals surface area contributed by atoms with Crippen LogP contribution < -0.4 is 0 Å². The maximum absolute atomic E-state index is 3.25. The first-order valence-corrected chi connectivity index (χ1v) is 5.13. The molecule has 0 radical (unpaired) electrons. The minimum atomic E-state index is 1.13. The van der Waals surface area contributed by atoms with Crippen LogP contribution in [-0.2, 0) is 0 Å². The molecule has 0 saturated carbocycles. The molecule has 6 heavy (non-hydrogen) atoms. The Kier molecular flexibility index (Phi) is 27.9. The van der Waals surface area contributed by atoms with Gasteiger partial charge in [0.25, 0.3) is 0 Å². The summed E-state index contributed by atoms with van der Waals surface area (Å²) in [4.78, 5) is 1.97. The lowest BCUT2D eigenvalue weighted by Crippen LogP contribution is -1.54. The van der Waals surface area contributed by atoms with Crippen molar-refractivity contribution in [3.8, 4) is 0 Å². The highest BCUT2D eigenvalue weighted by Crippen LogP contribution is 1.80. The zero-order valence-electron chi connectivity index (χ0n) is 4.17. The van der Waals surface area contributed by atoms with E-state index in [9.17, 15) is 0 Å². The average Bonchev–Trinajstić information content (AvgIpc) is 1.72. The summed E-state index contributed by atoms with van der Waals surface area (Å²) in [5.74, 6) is 0. The van der Waals surface area contributed by atoms with Crippen LogP contribution >= 0.6 is 38.5 Å². The lowest BCUT2D eigenvalue weighted by Gasteiger charge is -1.66. The Hall–Kier alpha value is 1.21. The monoisotopic (exact) mass is 264 g/mol.